The first-order valence-corrected chi connectivity index (χ1v) is 6.88. The van der Waals surface area contributed by atoms with Crippen molar-refractivity contribution in [3.05, 3.63) is 35.4 Å². The number of nitrogens with one attached hydrogen (secondary N) is 1. The molecule has 1 aromatic rings. The molecule has 0 bridgehead atoms. The second kappa shape index (κ2) is 6.59. The van der Waals surface area contributed by atoms with Crippen molar-refractivity contribution >= 4 is 17.7 Å². The van der Waals surface area contributed by atoms with E-state index in [1.165, 1.54) is 11.1 Å². The van der Waals surface area contributed by atoms with Gasteiger partial charge < -0.3 is 5.32 Å². The molecule has 1 rings (SSSR count). The topological polar surface area (TPSA) is 29.1 Å². The van der Waals surface area contributed by atoms with Crippen molar-refractivity contribution in [2.24, 2.45) is 0 Å². The minimum absolute atomic E-state index is 0.0931. The minimum Gasteiger partial charge on any atom is -0.350 e. The summed E-state index contributed by atoms with van der Waals surface area (Å²) in [5.41, 5.74) is 2.42. The Morgan fingerprint density at radius 1 is 1.44 bits per heavy atom. The van der Waals surface area contributed by atoms with Crippen molar-refractivity contribution < 1.29 is 4.79 Å². The number of benzene rings is 1. The first kappa shape index (κ1) is 13.1. The monoisotopic (exact) mass is 237 g/mol. The third kappa shape index (κ3) is 3.89. The van der Waals surface area contributed by atoms with Crippen molar-refractivity contribution in [2.75, 3.05) is 12.0 Å². The lowest BCUT2D eigenvalue weighted by atomic mass is 10.0. The highest BCUT2D eigenvalue weighted by atomic mass is 32.2. The van der Waals surface area contributed by atoms with E-state index < -0.39 is 0 Å². The number of carbonyl (C=O) groups is 1. The average molecular weight is 237 g/mol. The van der Waals surface area contributed by atoms with Crippen LogP contribution in [0.4, 0.5) is 0 Å². The molecule has 0 saturated carbocycles. The molecule has 0 fully saturated rings. The quantitative estimate of drug-likeness (QED) is 0.853. The van der Waals surface area contributed by atoms with Crippen molar-refractivity contribution in [3.8, 4) is 0 Å². The molecule has 1 unspecified atom stereocenters. The summed E-state index contributed by atoms with van der Waals surface area (Å²) in [4.78, 5) is 11.6. The predicted molar refractivity (Wildman–Crippen MR) is 70.7 cm³/mol. The van der Waals surface area contributed by atoms with Crippen LogP contribution in [0.5, 0.6) is 0 Å². The molecule has 0 aromatic heterocycles. The maximum absolute atomic E-state index is 11.6. The van der Waals surface area contributed by atoms with E-state index in [1.807, 2.05) is 25.3 Å². The second-order valence-electron chi connectivity index (χ2n) is 3.89. The third-order valence-electron chi connectivity index (χ3n) is 2.57. The van der Waals surface area contributed by atoms with Gasteiger partial charge in [0.2, 0.25) is 5.91 Å². The molecule has 1 aromatic carbocycles. The highest BCUT2D eigenvalue weighted by molar-refractivity contribution is 7.98. The normalized spacial score (nSPS) is 12.2. The molecule has 0 heterocycles. The van der Waals surface area contributed by atoms with Gasteiger partial charge in [0, 0.05) is 12.2 Å². The lowest BCUT2D eigenvalue weighted by Crippen LogP contribution is -2.27. The van der Waals surface area contributed by atoms with Gasteiger partial charge in [0.1, 0.15) is 0 Å². The van der Waals surface area contributed by atoms with Crippen molar-refractivity contribution in [1.29, 1.82) is 0 Å². The van der Waals surface area contributed by atoms with E-state index in [1.54, 1.807) is 11.8 Å². The molecule has 1 atom stereocenters. The number of rotatable bonds is 5. The number of hydrogen-bond acceptors (Lipinski definition) is 2. The summed E-state index contributed by atoms with van der Waals surface area (Å²) in [5, 5.41) is 3.02. The SMILES string of the molecule is CSCCC(=O)NC(C)c1ccccc1C. The third-order valence-corrected chi connectivity index (χ3v) is 3.18. The Labute approximate surface area is 102 Å². The summed E-state index contributed by atoms with van der Waals surface area (Å²) in [6.45, 7) is 4.10. The summed E-state index contributed by atoms with van der Waals surface area (Å²) in [6, 6.07) is 8.25. The van der Waals surface area contributed by atoms with Crippen LogP contribution < -0.4 is 5.32 Å². The Kier molecular flexibility index (Phi) is 5.39. The number of thioether (sulfide) groups is 1. The van der Waals surface area contributed by atoms with Crippen molar-refractivity contribution in [2.45, 2.75) is 26.3 Å². The Morgan fingerprint density at radius 3 is 2.75 bits per heavy atom. The van der Waals surface area contributed by atoms with Gasteiger partial charge in [0.25, 0.3) is 0 Å². The van der Waals surface area contributed by atoms with E-state index in [9.17, 15) is 4.79 Å². The number of amides is 1. The molecule has 3 heteroatoms. The van der Waals surface area contributed by atoms with Gasteiger partial charge in [0.05, 0.1) is 6.04 Å². The number of hydrogen-bond donors (Lipinski definition) is 1. The fraction of sp³-hybridized carbons (Fsp3) is 0.462. The lowest BCUT2D eigenvalue weighted by molar-refractivity contribution is -0.121. The molecule has 1 amide bonds. The maximum Gasteiger partial charge on any atom is 0.221 e. The van der Waals surface area contributed by atoms with Gasteiger partial charge in [-0.3, -0.25) is 4.79 Å². The highest BCUT2D eigenvalue weighted by Gasteiger charge is 2.10. The largest absolute Gasteiger partial charge is 0.350 e. The molecule has 0 aliphatic rings. The standard InChI is InChI=1S/C13H19NOS/c1-10-6-4-5-7-12(10)11(2)14-13(15)8-9-16-3/h4-7,11H,8-9H2,1-3H3,(H,14,15). The van der Waals surface area contributed by atoms with Crippen LogP contribution in [0.25, 0.3) is 0 Å². The van der Waals surface area contributed by atoms with E-state index in [-0.39, 0.29) is 11.9 Å². The van der Waals surface area contributed by atoms with E-state index >= 15 is 0 Å². The minimum atomic E-state index is 0.0931. The Hall–Kier alpha value is -0.960. The summed E-state index contributed by atoms with van der Waals surface area (Å²) in [7, 11) is 0. The number of carbonyl (C=O) groups excluding carboxylic acids is 1. The fourth-order valence-electron chi connectivity index (χ4n) is 1.66. The van der Waals surface area contributed by atoms with Crippen LogP contribution in [0.2, 0.25) is 0 Å². The molecular formula is C13H19NOS. The van der Waals surface area contributed by atoms with E-state index in [4.69, 9.17) is 0 Å². The first-order valence-electron chi connectivity index (χ1n) is 5.49. The van der Waals surface area contributed by atoms with Gasteiger partial charge in [-0.15, -0.1) is 0 Å². The molecule has 0 aliphatic carbocycles. The van der Waals surface area contributed by atoms with Crippen LogP contribution in [-0.2, 0) is 4.79 Å². The number of aryl methyl sites for hydroxylation is 1. The first-order chi connectivity index (χ1) is 7.65. The maximum atomic E-state index is 11.6. The van der Waals surface area contributed by atoms with Gasteiger partial charge >= 0.3 is 0 Å². The summed E-state index contributed by atoms with van der Waals surface area (Å²) in [5.74, 6) is 1.01. The molecular weight excluding hydrogens is 218 g/mol. The highest BCUT2D eigenvalue weighted by Crippen LogP contribution is 2.16. The summed E-state index contributed by atoms with van der Waals surface area (Å²) < 4.78 is 0. The fourth-order valence-corrected chi connectivity index (χ4v) is 2.05. The zero-order valence-electron chi connectivity index (χ0n) is 10.1. The molecule has 0 radical (unpaired) electrons. The van der Waals surface area contributed by atoms with E-state index in [0.717, 1.165) is 5.75 Å². The molecule has 1 N–H and O–H groups in total. The van der Waals surface area contributed by atoms with Gasteiger partial charge in [-0.2, -0.15) is 11.8 Å². The van der Waals surface area contributed by atoms with Gasteiger partial charge in [-0.1, -0.05) is 24.3 Å². The lowest BCUT2D eigenvalue weighted by Gasteiger charge is -2.16. The molecule has 0 spiro atoms. The molecule has 0 aliphatic heterocycles. The summed E-state index contributed by atoms with van der Waals surface area (Å²) in [6.07, 6.45) is 2.61. The van der Waals surface area contributed by atoms with E-state index in [2.05, 4.69) is 24.4 Å². The molecule has 16 heavy (non-hydrogen) atoms. The van der Waals surface area contributed by atoms with Crippen molar-refractivity contribution in [3.63, 3.8) is 0 Å². The van der Waals surface area contributed by atoms with Crippen LogP contribution in [0.1, 0.15) is 30.5 Å². The average Bonchev–Trinajstić information content (AvgIpc) is 2.26. The van der Waals surface area contributed by atoms with Crippen molar-refractivity contribution in [1.82, 2.24) is 5.32 Å². The van der Waals surface area contributed by atoms with Crippen LogP contribution in [0, 0.1) is 6.92 Å². The predicted octanol–water partition coefficient (Wildman–Crippen LogP) is 2.93. The molecule has 2 nitrogen and oxygen atoms in total. The zero-order valence-corrected chi connectivity index (χ0v) is 10.9. The zero-order chi connectivity index (χ0) is 12.0. The Bertz CT molecular complexity index is 352. The molecule has 88 valence electrons. The van der Waals surface area contributed by atoms with Crippen LogP contribution >= 0.6 is 11.8 Å². The van der Waals surface area contributed by atoms with Crippen LogP contribution in [-0.4, -0.2) is 17.9 Å². The van der Waals surface area contributed by atoms with Gasteiger partial charge in [-0.05, 0) is 31.2 Å². The van der Waals surface area contributed by atoms with Gasteiger partial charge in [0.15, 0.2) is 0 Å². The van der Waals surface area contributed by atoms with Gasteiger partial charge in [-0.25, -0.2) is 0 Å². The second-order valence-corrected chi connectivity index (χ2v) is 4.87. The Balaban J connectivity index is 2.55. The van der Waals surface area contributed by atoms with Crippen LogP contribution in [0.15, 0.2) is 24.3 Å². The van der Waals surface area contributed by atoms with E-state index in [0.29, 0.717) is 6.42 Å². The summed E-state index contributed by atoms with van der Waals surface area (Å²) >= 11 is 1.70. The smallest absolute Gasteiger partial charge is 0.221 e. The Morgan fingerprint density at radius 2 is 2.12 bits per heavy atom. The van der Waals surface area contributed by atoms with Crippen LogP contribution in [0.3, 0.4) is 0 Å². The molecule has 0 saturated heterocycles.